The first-order valence-electron chi connectivity index (χ1n) is 8.65. The van der Waals surface area contributed by atoms with Gasteiger partial charge in [0.15, 0.2) is 0 Å². The summed E-state index contributed by atoms with van der Waals surface area (Å²) in [5.74, 6) is 0.666. The summed E-state index contributed by atoms with van der Waals surface area (Å²) in [6.45, 7) is 0.801. The first-order valence-corrected chi connectivity index (χ1v) is 8.65. The average molecular weight is 377 g/mol. The molecule has 1 heterocycles. The van der Waals surface area contributed by atoms with Crippen LogP contribution >= 0.6 is 12.4 Å². The third-order valence-electron chi connectivity index (χ3n) is 4.34. The summed E-state index contributed by atoms with van der Waals surface area (Å²) in [7, 11) is 0. The van der Waals surface area contributed by atoms with Crippen LogP contribution in [0, 0.1) is 0 Å². The molecule has 6 heteroatoms. The van der Waals surface area contributed by atoms with Crippen molar-refractivity contribution in [3.8, 4) is 5.75 Å². The SMILES string of the molecule is Cl.NC[C@H]1CC[C@@H](C(=O)NC(COc2ccccc2)c2ccccc2)O1. The molecule has 3 rings (SSSR count). The van der Waals surface area contributed by atoms with E-state index in [1.54, 1.807) is 0 Å². The molecule has 0 aliphatic carbocycles. The molecule has 3 atom stereocenters. The van der Waals surface area contributed by atoms with Crippen LogP contribution in [0.25, 0.3) is 0 Å². The number of benzene rings is 2. The minimum atomic E-state index is -0.434. The quantitative estimate of drug-likeness (QED) is 0.779. The van der Waals surface area contributed by atoms with E-state index < -0.39 is 6.10 Å². The minimum Gasteiger partial charge on any atom is -0.491 e. The molecule has 1 saturated heterocycles. The third-order valence-corrected chi connectivity index (χ3v) is 4.34. The second-order valence-corrected chi connectivity index (χ2v) is 6.16. The Morgan fingerprint density at radius 2 is 1.77 bits per heavy atom. The van der Waals surface area contributed by atoms with Gasteiger partial charge in [0.05, 0.1) is 12.1 Å². The van der Waals surface area contributed by atoms with Crippen molar-refractivity contribution in [2.24, 2.45) is 5.73 Å². The molecule has 3 N–H and O–H groups in total. The van der Waals surface area contributed by atoms with Crippen LogP contribution in [0.3, 0.4) is 0 Å². The van der Waals surface area contributed by atoms with E-state index in [2.05, 4.69) is 5.32 Å². The van der Waals surface area contributed by atoms with Crippen molar-refractivity contribution < 1.29 is 14.3 Å². The first-order chi connectivity index (χ1) is 12.3. The number of carbonyl (C=O) groups is 1. The molecule has 0 saturated carbocycles. The zero-order chi connectivity index (χ0) is 17.5. The zero-order valence-corrected chi connectivity index (χ0v) is 15.4. The fourth-order valence-electron chi connectivity index (χ4n) is 2.94. The second-order valence-electron chi connectivity index (χ2n) is 6.16. The number of para-hydroxylation sites is 1. The van der Waals surface area contributed by atoms with E-state index in [0.717, 1.165) is 17.7 Å². The number of hydrogen-bond acceptors (Lipinski definition) is 4. The highest BCUT2D eigenvalue weighted by Gasteiger charge is 2.31. The summed E-state index contributed by atoms with van der Waals surface area (Å²) in [6, 6.07) is 19.2. The summed E-state index contributed by atoms with van der Waals surface area (Å²) in [6.07, 6.45) is 1.07. The minimum absolute atomic E-state index is 0. The van der Waals surface area contributed by atoms with Gasteiger partial charge < -0.3 is 20.5 Å². The predicted octanol–water partition coefficient (Wildman–Crippen LogP) is 2.85. The smallest absolute Gasteiger partial charge is 0.249 e. The highest BCUT2D eigenvalue weighted by atomic mass is 35.5. The van der Waals surface area contributed by atoms with Crippen LogP contribution in [-0.2, 0) is 9.53 Å². The van der Waals surface area contributed by atoms with Gasteiger partial charge in [-0.3, -0.25) is 4.79 Å². The molecule has 0 spiro atoms. The topological polar surface area (TPSA) is 73.6 Å². The molecule has 140 valence electrons. The molecule has 26 heavy (non-hydrogen) atoms. The summed E-state index contributed by atoms with van der Waals surface area (Å²) < 4.78 is 11.5. The van der Waals surface area contributed by atoms with Crippen LogP contribution in [0.1, 0.15) is 24.4 Å². The average Bonchev–Trinajstić information content (AvgIpc) is 3.16. The first kappa shape index (κ1) is 20.2. The van der Waals surface area contributed by atoms with Crippen molar-refractivity contribution in [3.63, 3.8) is 0 Å². The fraction of sp³-hybridized carbons (Fsp3) is 0.350. The van der Waals surface area contributed by atoms with E-state index in [1.165, 1.54) is 0 Å². The number of amides is 1. The van der Waals surface area contributed by atoms with Gasteiger partial charge in [0.25, 0.3) is 0 Å². The normalized spacial score (nSPS) is 20.0. The van der Waals surface area contributed by atoms with Crippen molar-refractivity contribution in [2.45, 2.75) is 31.1 Å². The Morgan fingerprint density at radius 3 is 2.38 bits per heavy atom. The highest BCUT2D eigenvalue weighted by Crippen LogP contribution is 2.21. The van der Waals surface area contributed by atoms with Gasteiger partial charge in [-0.25, -0.2) is 0 Å². The van der Waals surface area contributed by atoms with Crippen LogP contribution < -0.4 is 15.8 Å². The van der Waals surface area contributed by atoms with Crippen molar-refractivity contribution in [1.82, 2.24) is 5.32 Å². The number of ether oxygens (including phenoxy) is 2. The van der Waals surface area contributed by atoms with E-state index in [9.17, 15) is 4.79 Å². The molecule has 1 aliphatic heterocycles. The van der Waals surface area contributed by atoms with E-state index in [1.807, 2.05) is 60.7 Å². The Bertz CT molecular complexity index is 669. The lowest BCUT2D eigenvalue weighted by Gasteiger charge is -2.22. The fourth-order valence-corrected chi connectivity index (χ4v) is 2.94. The molecule has 2 aromatic rings. The maximum absolute atomic E-state index is 12.6. The molecule has 1 amide bonds. The standard InChI is InChI=1S/C20H24N2O3.ClH/c21-13-17-11-12-19(25-17)20(23)22-18(15-7-3-1-4-8-15)14-24-16-9-5-2-6-10-16;/h1-10,17-19H,11-14,21H2,(H,22,23);1H/t17-,18?,19+;/m1./s1. The monoisotopic (exact) mass is 376 g/mol. The molecule has 0 aromatic heterocycles. The molecule has 1 fully saturated rings. The molecular formula is C20H25ClN2O3. The Kier molecular flexibility index (Phi) is 7.91. The largest absolute Gasteiger partial charge is 0.491 e. The lowest BCUT2D eigenvalue weighted by Crippen LogP contribution is -2.39. The van der Waals surface area contributed by atoms with Gasteiger partial charge in [-0.2, -0.15) is 0 Å². The Labute approximate surface area is 160 Å². The molecule has 0 bridgehead atoms. The van der Waals surface area contributed by atoms with Crippen molar-refractivity contribution in [2.75, 3.05) is 13.2 Å². The van der Waals surface area contributed by atoms with E-state index in [4.69, 9.17) is 15.2 Å². The highest BCUT2D eigenvalue weighted by molar-refractivity contribution is 5.85. The van der Waals surface area contributed by atoms with Gasteiger partial charge >= 0.3 is 0 Å². The molecule has 1 unspecified atom stereocenters. The molecule has 2 aromatic carbocycles. The van der Waals surface area contributed by atoms with Crippen LogP contribution in [0.2, 0.25) is 0 Å². The number of halogens is 1. The Hall–Kier alpha value is -2.08. The van der Waals surface area contributed by atoms with E-state index in [-0.39, 0.29) is 30.5 Å². The molecular weight excluding hydrogens is 352 g/mol. The number of rotatable bonds is 7. The maximum Gasteiger partial charge on any atom is 0.249 e. The number of hydrogen-bond donors (Lipinski definition) is 2. The Balaban J connectivity index is 0.00000243. The van der Waals surface area contributed by atoms with Gasteiger partial charge in [-0.15, -0.1) is 12.4 Å². The molecule has 5 nitrogen and oxygen atoms in total. The summed E-state index contributed by atoms with van der Waals surface area (Å²) in [5, 5.41) is 3.06. The predicted molar refractivity (Wildman–Crippen MR) is 103 cm³/mol. The van der Waals surface area contributed by atoms with E-state index >= 15 is 0 Å². The number of nitrogens with one attached hydrogen (secondary N) is 1. The van der Waals surface area contributed by atoms with E-state index in [0.29, 0.717) is 19.6 Å². The lowest BCUT2D eigenvalue weighted by molar-refractivity contribution is -0.132. The van der Waals surface area contributed by atoms with Gasteiger partial charge in [0.1, 0.15) is 18.5 Å². The zero-order valence-electron chi connectivity index (χ0n) is 14.5. The van der Waals surface area contributed by atoms with Crippen LogP contribution in [-0.4, -0.2) is 31.3 Å². The van der Waals surface area contributed by atoms with Gasteiger partial charge in [-0.1, -0.05) is 48.5 Å². The lowest BCUT2D eigenvalue weighted by atomic mass is 10.1. The van der Waals surface area contributed by atoms with Gasteiger partial charge in [0, 0.05) is 6.54 Å². The molecule has 0 radical (unpaired) electrons. The van der Waals surface area contributed by atoms with Gasteiger partial charge in [0.2, 0.25) is 5.91 Å². The second kappa shape index (κ2) is 10.2. The van der Waals surface area contributed by atoms with Crippen LogP contribution in [0.4, 0.5) is 0 Å². The third kappa shape index (κ3) is 5.46. The summed E-state index contributed by atoms with van der Waals surface area (Å²) >= 11 is 0. The number of nitrogens with two attached hydrogens (primary N) is 1. The van der Waals surface area contributed by atoms with Gasteiger partial charge in [-0.05, 0) is 30.5 Å². The summed E-state index contributed by atoms with van der Waals surface area (Å²) in [5.41, 5.74) is 6.62. The van der Waals surface area contributed by atoms with Crippen LogP contribution in [0.15, 0.2) is 60.7 Å². The Morgan fingerprint density at radius 1 is 1.12 bits per heavy atom. The molecule has 1 aliphatic rings. The summed E-state index contributed by atoms with van der Waals surface area (Å²) in [4.78, 5) is 12.6. The maximum atomic E-state index is 12.6. The van der Waals surface area contributed by atoms with Crippen molar-refractivity contribution in [3.05, 3.63) is 66.2 Å². The van der Waals surface area contributed by atoms with Crippen molar-refractivity contribution in [1.29, 1.82) is 0 Å². The van der Waals surface area contributed by atoms with Crippen LogP contribution in [0.5, 0.6) is 5.75 Å². The van der Waals surface area contributed by atoms with Crippen molar-refractivity contribution >= 4 is 18.3 Å². The number of carbonyl (C=O) groups excluding carboxylic acids is 1.